The van der Waals surface area contributed by atoms with E-state index >= 15 is 0 Å². The number of nitrogens with zero attached hydrogens (tertiary/aromatic N) is 4. The minimum atomic E-state index is -0.219. The number of para-hydroxylation sites is 1. The van der Waals surface area contributed by atoms with Crippen LogP contribution in [0.25, 0.3) is 0 Å². The number of hydrogen-bond acceptors (Lipinski definition) is 4. The molecule has 2 heterocycles. The zero-order valence-electron chi connectivity index (χ0n) is 15.3. The van der Waals surface area contributed by atoms with Gasteiger partial charge < -0.3 is 10.1 Å². The molecular weight excluding hydrogens is 330 g/mol. The Morgan fingerprint density at radius 3 is 2.77 bits per heavy atom. The van der Waals surface area contributed by atoms with E-state index in [0.717, 1.165) is 29.1 Å². The number of benzene rings is 1. The Morgan fingerprint density at radius 2 is 2.04 bits per heavy atom. The van der Waals surface area contributed by atoms with Gasteiger partial charge in [0.05, 0.1) is 6.20 Å². The molecular formula is C19H23N5O2. The van der Waals surface area contributed by atoms with Gasteiger partial charge in [-0.2, -0.15) is 10.2 Å². The second-order valence-electron chi connectivity index (χ2n) is 6.03. The molecule has 0 atom stereocenters. The summed E-state index contributed by atoms with van der Waals surface area (Å²) in [5, 5.41) is 11.4. The van der Waals surface area contributed by atoms with Crippen molar-refractivity contribution in [3.63, 3.8) is 0 Å². The molecule has 0 saturated heterocycles. The van der Waals surface area contributed by atoms with Gasteiger partial charge in [-0.25, -0.2) is 4.68 Å². The third-order valence-corrected chi connectivity index (χ3v) is 4.26. The zero-order valence-corrected chi connectivity index (χ0v) is 15.3. The van der Waals surface area contributed by atoms with E-state index in [1.165, 1.54) is 0 Å². The van der Waals surface area contributed by atoms with Crippen LogP contribution in [0.4, 0.5) is 0 Å². The van der Waals surface area contributed by atoms with E-state index in [4.69, 9.17) is 4.74 Å². The first-order valence-electron chi connectivity index (χ1n) is 8.60. The minimum Gasteiger partial charge on any atom is -0.471 e. The molecule has 2 aromatic heterocycles. The van der Waals surface area contributed by atoms with E-state index in [2.05, 4.69) is 15.5 Å². The van der Waals surface area contributed by atoms with Gasteiger partial charge in [-0.15, -0.1) is 0 Å². The summed E-state index contributed by atoms with van der Waals surface area (Å²) < 4.78 is 9.23. The van der Waals surface area contributed by atoms with Gasteiger partial charge in [-0.1, -0.05) is 18.2 Å². The van der Waals surface area contributed by atoms with E-state index in [1.54, 1.807) is 23.1 Å². The van der Waals surface area contributed by atoms with Gasteiger partial charge in [0.15, 0.2) is 6.73 Å². The van der Waals surface area contributed by atoms with E-state index in [0.29, 0.717) is 12.2 Å². The number of ether oxygens (including phenoxy) is 1. The molecule has 136 valence electrons. The second kappa shape index (κ2) is 7.86. The Morgan fingerprint density at radius 1 is 1.23 bits per heavy atom. The summed E-state index contributed by atoms with van der Waals surface area (Å²) in [5.41, 5.74) is 3.48. The summed E-state index contributed by atoms with van der Waals surface area (Å²) in [7, 11) is 0. The Balaban J connectivity index is 1.56. The summed E-state index contributed by atoms with van der Waals surface area (Å²) >= 11 is 0. The molecule has 0 aliphatic carbocycles. The van der Waals surface area contributed by atoms with Crippen LogP contribution in [0, 0.1) is 13.8 Å². The van der Waals surface area contributed by atoms with Crippen molar-refractivity contribution < 1.29 is 9.53 Å². The van der Waals surface area contributed by atoms with E-state index in [-0.39, 0.29) is 12.6 Å². The van der Waals surface area contributed by atoms with Crippen LogP contribution in [-0.4, -0.2) is 25.5 Å². The molecule has 0 aliphatic heterocycles. The molecule has 26 heavy (non-hydrogen) atoms. The topological polar surface area (TPSA) is 74.0 Å². The average Bonchev–Trinajstić information content (AvgIpc) is 3.26. The number of amides is 1. The lowest BCUT2D eigenvalue weighted by Gasteiger charge is -2.08. The maximum Gasteiger partial charge on any atom is 0.272 e. The maximum atomic E-state index is 12.3. The highest BCUT2D eigenvalue weighted by Crippen LogP contribution is 2.16. The predicted octanol–water partition coefficient (Wildman–Crippen LogP) is 2.68. The van der Waals surface area contributed by atoms with Crippen molar-refractivity contribution in [1.82, 2.24) is 24.9 Å². The molecule has 0 fully saturated rings. The van der Waals surface area contributed by atoms with Crippen molar-refractivity contribution in [2.75, 3.05) is 0 Å². The molecule has 0 unspecified atom stereocenters. The average molecular weight is 353 g/mol. The monoisotopic (exact) mass is 353 g/mol. The first-order valence-corrected chi connectivity index (χ1v) is 8.60. The molecule has 0 bridgehead atoms. The molecule has 0 saturated carbocycles. The first kappa shape index (κ1) is 17.7. The lowest BCUT2D eigenvalue weighted by atomic mass is 10.2. The van der Waals surface area contributed by atoms with Crippen LogP contribution >= 0.6 is 0 Å². The highest BCUT2D eigenvalue weighted by molar-refractivity contribution is 5.92. The molecule has 1 amide bonds. The van der Waals surface area contributed by atoms with Gasteiger partial charge >= 0.3 is 0 Å². The SMILES string of the molecule is CCn1ncc(CNC(=O)c2ccn(COc3ccccc3C)n2)c1C. The second-order valence-corrected chi connectivity index (χ2v) is 6.03. The standard InChI is InChI=1S/C19H23N5O2/c1-4-24-15(3)16(12-21-24)11-20-19(25)17-9-10-23(22-17)13-26-18-8-6-5-7-14(18)2/h5-10,12H,4,11,13H2,1-3H3,(H,20,25). The molecule has 3 aromatic rings. The van der Waals surface area contributed by atoms with Gasteiger partial charge in [0.1, 0.15) is 11.4 Å². The largest absolute Gasteiger partial charge is 0.471 e. The quantitative estimate of drug-likeness (QED) is 0.709. The van der Waals surface area contributed by atoms with Crippen molar-refractivity contribution in [2.24, 2.45) is 0 Å². The molecule has 0 spiro atoms. The Bertz CT molecular complexity index is 897. The van der Waals surface area contributed by atoms with Crippen LogP contribution in [0.3, 0.4) is 0 Å². The number of aromatic nitrogens is 4. The van der Waals surface area contributed by atoms with Gasteiger partial charge in [0.25, 0.3) is 5.91 Å². The van der Waals surface area contributed by atoms with Crippen molar-refractivity contribution in [3.8, 4) is 5.75 Å². The van der Waals surface area contributed by atoms with Crippen LogP contribution < -0.4 is 10.1 Å². The molecule has 0 aliphatic rings. The fourth-order valence-electron chi connectivity index (χ4n) is 2.65. The lowest BCUT2D eigenvalue weighted by molar-refractivity contribution is 0.0943. The number of carbonyl (C=O) groups excluding carboxylic acids is 1. The van der Waals surface area contributed by atoms with Crippen molar-refractivity contribution >= 4 is 5.91 Å². The Labute approximate surface area is 152 Å². The van der Waals surface area contributed by atoms with E-state index in [9.17, 15) is 4.79 Å². The molecule has 1 aromatic carbocycles. The van der Waals surface area contributed by atoms with Crippen LogP contribution in [0.2, 0.25) is 0 Å². The summed E-state index contributed by atoms with van der Waals surface area (Å²) in [5.74, 6) is 0.584. The zero-order chi connectivity index (χ0) is 18.5. The first-order chi connectivity index (χ1) is 12.6. The van der Waals surface area contributed by atoms with Gasteiger partial charge in [-0.05, 0) is 38.5 Å². The van der Waals surface area contributed by atoms with Crippen LogP contribution in [0.1, 0.15) is 34.2 Å². The number of aryl methyl sites for hydroxylation is 2. The maximum absolute atomic E-state index is 12.3. The minimum absolute atomic E-state index is 0.219. The van der Waals surface area contributed by atoms with E-state index < -0.39 is 0 Å². The molecule has 7 nitrogen and oxygen atoms in total. The van der Waals surface area contributed by atoms with Crippen LogP contribution in [0.15, 0.2) is 42.7 Å². The van der Waals surface area contributed by atoms with E-state index in [1.807, 2.05) is 49.7 Å². The number of nitrogens with one attached hydrogen (secondary N) is 1. The number of hydrogen-bond donors (Lipinski definition) is 1. The van der Waals surface area contributed by atoms with Crippen molar-refractivity contribution in [3.05, 3.63) is 65.2 Å². The summed E-state index contributed by atoms with van der Waals surface area (Å²) in [4.78, 5) is 12.3. The Kier molecular flexibility index (Phi) is 5.36. The predicted molar refractivity (Wildman–Crippen MR) is 97.8 cm³/mol. The fraction of sp³-hybridized carbons (Fsp3) is 0.316. The fourth-order valence-corrected chi connectivity index (χ4v) is 2.65. The molecule has 3 rings (SSSR count). The molecule has 0 radical (unpaired) electrons. The summed E-state index contributed by atoms with van der Waals surface area (Å²) in [6.45, 7) is 7.51. The Hall–Kier alpha value is -3.09. The van der Waals surface area contributed by atoms with Gasteiger partial charge in [-0.3, -0.25) is 9.48 Å². The van der Waals surface area contributed by atoms with Crippen molar-refractivity contribution in [2.45, 2.75) is 40.6 Å². The van der Waals surface area contributed by atoms with Crippen molar-refractivity contribution in [1.29, 1.82) is 0 Å². The summed E-state index contributed by atoms with van der Waals surface area (Å²) in [6, 6.07) is 9.46. The van der Waals surface area contributed by atoms with Gasteiger partial charge in [0.2, 0.25) is 0 Å². The number of carbonyl (C=O) groups is 1. The molecule has 7 heteroatoms. The normalized spacial score (nSPS) is 10.7. The molecule has 1 N–H and O–H groups in total. The number of rotatable bonds is 7. The lowest BCUT2D eigenvalue weighted by Crippen LogP contribution is -2.24. The van der Waals surface area contributed by atoms with Gasteiger partial charge in [0, 0.05) is 30.5 Å². The highest BCUT2D eigenvalue weighted by atomic mass is 16.5. The third-order valence-electron chi connectivity index (χ3n) is 4.26. The summed E-state index contributed by atoms with van der Waals surface area (Å²) in [6.07, 6.45) is 3.52. The van der Waals surface area contributed by atoms with Crippen LogP contribution in [-0.2, 0) is 19.8 Å². The third kappa shape index (κ3) is 3.93. The highest BCUT2D eigenvalue weighted by Gasteiger charge is 2.12. The smallest absolute Gasteiger partial charge is 0.272 e. The van der Waals surface area contributed by atoms with Crippen LogP contribution in [0.5, 0.6) is 5.75 Å².